The van der Waals surface area contributed by atoms with E-state index in [1.54, 1.807) is 21.8 Å². The van der Waals surface area contributed by atoms with E-state index in [-0.39, 0.29) is 0 Å². The van der Waals surface area contributed by atoms with Crippen molar-refractivity contribution in [3.8, 4) is 11.4 Å². The molecule has 0 amide bonds. The summed E-state index contributed by atoms with van der Waals surface area (Å²) in [5.41, 5.74) is 4.58. The maximum Gasteiger partial charge on any atom is 0.394 e. The van der Waals surface area contributed by atoms with Crippen LogP contribution in [0.4, 0.5) is 0 Å². The van der Waals surface area contributed by atoms with Crippen LogP contribution < -0.4 is 0 Å². The molecule has 2 heterocycles. The summed E-state index contributed by atoms with van der Waals surface area (Å²) < 4.78 is 35.1. The molecule has 0 saturated carbocycles. The molecule has 0 unspecified atom stereocenters. The zero-order valence-corrected chi connectivity index (χ0v) is 16.5. The van der Waals surface area contributed by atoms with Gasteiger partial charge in [0.1, 0.15) is 0 Å². The van der Waals surface area contributed by atoms with Crippen LogP contribution in [-0.4, -0.2) is 47.5 Å². The first-order valence-electron chi connectivity index (χ1n) is 8.29. The van der Waals surface area contributed by atoms with Crippen molar-refractivity contribution in [3.63, 3.8) is 0 Å². The van der Waals surface area contributed by atoms with E-state index in [2.05, 4.69) is 58.7 Å². The Morgan fingerprint density at radius 3 is 1.24 bits per heavy atom. The van der Waals surface area contributed by atoms with E-state index in [0.717, 1.165) is 11.4 Å². The van der Waals surface area contributed by atoms with E-state index >= 15 is 0 Å². The summed E-state index contributed by atoms with van der Waals surface area (Å²) in [6, 6.07) is 16.3. The van der Waals surface area contributed by atoms with E-state index < -0.39 is 10.4 Å². The predicted octanol–water partition coefficient (Wildman–Crippen LogP) is 2.50. The molecule has 11 heteroatoms. The monoisotopic (exact) mass is 416 g/mol. The lowest BCUT2D eigenvalue weighted by Crippen LogP contribution is -1.94. The lowest BCUT2D eigenvalue weighted by Gasteiger charge is -1.98. The van der Waals surface area contributed by atoms with Gasteiger partial charge in [0.25, 0.3) is 0 Å². The number of nitrogens with zero attached hydrogens (tertiary/aromatic N) is 6. The van der Waals surface area contributed by atoms with Gasteiger partial charge in [-0.1, -0.05) is 45.8 Å². The van der Waals surface area contributed by atoms with Crippen LogP contribution in [0.5, 0.6) is 0 Å². The Morgan fingerprint density at radius 2 is 1.00 bits per heavy atom. The molecule has 0 aliphatic heterocycles. The smallest absolute Gasteiger partial charge is 0.264 e. The Morgan fingerprint density at radius 1 is 0.690 bits per heavy atom. The van der Waals surface area contributed by atoms with Gasteiger partial charge in [-0.25, -0.2) is 9.36 Å². The highest BCUT2D eigenvalue weighted by atomic mass is 32.3. The first-order valence-corrected chi connectivity index (χ1v) is 9.68. The lowest BCUT2D eigenvalue weighted by atomic mass is 10.2. The molecule has 0 radical (unpaired) electrons. The molecule has 0 atom stereocenters. The summed E-state index contributed by atoms with van der Waals surface area (Å²) >= 11 is 0. The second-order valence-corrected chi connectivity index (χ2v) is 6.71. The third-order valence-electron chi connectivity index (χ3n) is 3.44. The minimum atomic E-state index is -4.67. The van der Waals surface area contributed by atoms with Crippen LogP contribution in [0.3, 0.4) is 0 Å². The zero-order chi connectivity index (χ0) is 21.3. The highest BCUT2D eigenvalue weighted by molar-refractivity contribution is 7.79. The van der Waals surface area contributed by atoms with E-state index in [1.165, 1.54) is 11.1 Å². The van der Waals surface area contributed by atoms with Gasteiger partial charge in [-0.2, -0.15) is 8.42 Å². The summed E-state index contributed by atoms with van der Waals surface area (Å²) in [7, 11) is -4.67. The summed E-state index contributed by atoms with van der Waals surface area (Å²) in [4.78, 5) is 0. The average Bonchev–Trinajstić information content (AvgIpc) is 3.36. The predicted molar refractivity (Wildman–Crippen MR) is 106 cm³/mol. The maximum absolute atomic E-state index is 8.74. The Balaban J connectivity index is 0.000000170. The number of aryl methyl sites for hydroxylation is 2. The minimum Gasteiger partial charge on any atom is -0.264 e. The van der Waals surface area contributed by atoms with Crippen molar-refractivity contribution in [3.05, 3.63) is 84.4 Å². The molecule has 152 valence electrons. The lowest BCUT2D eigenvalue weighted by molar-refractivity contribution is 0.381. The molecular formula is C18H20N6O4S. The molecule has 2 N–H and O–H groups in total. The minimum absolute atomic E-state index is 1.04. The molecule has 4 aromatic rings. The molecule has 0 bridgehead atoms. The molecule has 4 rings (SSSR count). The number of rotatable bonds is 2. The quantitative estimate of drug-likeness (QED) is 0.476. The van der Waals surface area contributed by atoms with E-state index in [9.17, 15) is 0 Å². The van der Waals surface area contributed by atoms with Gasteiger partial charge >= 0.3 is 10.4 Å². The topological polar surface area (TPSA) is 136 Å². The fourth-order valence-corrected chi connectivity index (χ4v) is 2.09. The van der Waals surface area contributed by atoms with Crippen LogP contribution in [0.15, 0.2) is 73.3 Å². The van der Waals surface area contributed by atoms with Crippen molar-refractivity contribution >= 4 is 10.4 Å². The van der Waals surface area contributed by atoms with E-state index in [0.29, 0.717) is 0 Å². The second-order valence-electron chi connectivity index (χ2n) is 5.81. The third kappa shape index (κ3) is 8.43. The first-order chi connectivity index (χ1) is 13.7. The van der Waals surface area contributed by atoms with Crippen LogP contribution in [0, 0.1) is 13.8 Å². The zero-order valence-electron chi connectivity index (χ0n) is 15.7. The molecular weight excluding hydrogens is 396 g/mol. The fourth-order valence-electron chi connectivity index (χ4n) is 2.09. The van der Waals surface area contributed by atoms with Crippen LogP contribution in [-0.2, 0) is 10.4 Å². The Hall–Kier alpha value is -3.41. The average molecular weight is 416 g/mol. The normalized spacial score (nSPS) is 10.3. The van der Waals surface area contributed by atoms with Crippen molar-refractivity contribution in [2.24, 2.45) is 0 Å². The molecule has 0 fully saturated rings. The number of benzene rings is 2. The van der Waals surface area contributed by atoms with Gasteiger partial charge in [-0.3, -0.25) is 9.11 Å². The molecule has 0 saturated heterocycles. The van der Waals surface area contributed by atoms with Crippen LogP contribution in [0.25, 0.3) is 11.4 Å². The summed E-state index contributed by atoms with van der Waals surface area (Å²) in [5, 5.41) is 15.2. The van der Waals surface area contributed by atoms with Crippen LogP contribution in [0.2, 0.25) is 0 Å². The Bertz CT molecular complexity index is 995. The van der Waals surface area contributed by atoms with Gasteiger partial charge in [0.2, 0.25) is 0 Å². The van der Waals surface area contributed by atoms with Crippen molar-refractivity contribution in [2.75, 3.05) is 0 Å². The van der Waals surface area contributed by atoms with Gasteiger partial charge in [0.15, 0.2) is 0 Å². The van der Waals surface area contributed by atoms with E-state index in [4.69, 9.17) is 17.5 Å². The molecule has 2 aromatic heterocycles. The Kier molecular flexibility index (Phi) is 7.71. The first kappa shape index (κ1) is 21.9. The van der Waals surface area contributed by atoms with Crippen molar-refractivity contribution in [2.45, 2.75) is 13.8 Å². The van der Waals surface area contributed by atoms with Gasteiger partial charge in [-0.15, -0.1) is 10.2 Å². The standard InChI is InChI=1S/2C9H9N3.H2O4S/c2*1-8-2-4-9(5-3-8)12-7-6-10-11-12;1-5(2,3)4/h2*2-7H,1H3;(H2,1,2,3,4). The third-order valence-corrected chi connectivity index (χ3v) is 3.44. The number of aromatic nitrogens is 6. The van der Waals surface area contributed by atoms with Crippen LogP contribution >= 0.6 is 0 Å². The summed E-state index contributed by atoms with van der Waals surface area (Å²) in [5.74, 6) is 0. The molecule has 29 heavy (non-hydrogen) atoms. The molecule has 10 nitrogen and oxygen atoms in total. The largest absolute Gasteiger partial charge is 0.394 e. The maximum atomic E-state index is 8.74. The molecule has 2 aromatic carbocycles. The SMILES string of the molecule is Cc1ccc(-n2ccnn2)cc1.Cc1ccc(-n2ccnn2)cc1.O=S(=O)(O)O. The summed E-state index contributed by atoms with van der Waals surface area (Å²) in [6.45, 7) is 4.12. The molecule has 0 aliphatic carbocycles. The van der Waals surface area contributed by atoms with Gasteiger partial charge in [-0.05, 0) is 38.1 Å². The Labute approximate surface area is 168 Å². The van der Waals surface area contributed by atoms with Gasteiger partial charge in [0, 0.05) is 0 Å². The number of hydrogen-bond donors (Lipinski definition) is 2. The highest BCUT2D eigenvalue weighted by Crippen LogP contribution is 2.07. The molecule has 0 aliphatic rings. The second kappa shape index (κ2) is 10.2. The van der Waals surface area contributed by atoms with Crippen molar-refractivity contribution < 1.29 is 17.5 Å². The summed E-state index contributed by atoms with van der Waals surface area (Å²) in [6.07, 6.45) is 6.98. The molecule has 0 spiro atoms. The van der Waals surface area contributed by atoms with Crippen molar-refractivity contribution in [1.29, 1.82) is 0 Å². The fraction of sp³-hybridized carbons (Fsp3) is 0.111. The van der Waals surface area contributed by atoms with Crippen LogP contribution in [0.1, 0.15) is 11.1 Å². The highest BCUT2D eigenvalue weighted by Gasteiger charge is 1.94. The van der Waals surface area contributed by atoms with Gasteiger partial charge < -0.3 is 0 Å². The van der Waals surface area contributed by atoms with E-state index in [1.807, 2.05) is 36.7 Å². The number of hydrogen-bond acceptors (Lipinski definition) is 6. The van der Waals surface area contributed by atoms with Gasteiger partial charge in [0.05, 0.1) is 36.2 Å². The van der Waals surface area contributed by atoms with Crippen molar-refractivity contribution in [1.82, 2.24) is 30.0 Å².